The Hall–Kier alpha value is -1.79. The summed E-state index contributed by atoms with van der Waals surface area (Å²) in [5.41, 5.74) is 1.37. The van der Waals surface area contributed by atoms with Gasteiger partial charge < -0.3 is 24.8 Å². The fourth-order valence-electron chi connectivity index (χ4n) is 3.27. The van der Waals surface area contributed by atoms with Crippen molar-refractivity contribution >= 4 is 5.96 Å². The van der Waals surface area contributed by atoms with Gasteiger partial charge in [-0.1, -0.05) is 12.1 Å². The molecule has 0 saturated carbocycles. The average Bonchev–Trinajstić information content (AvgIpc) is 2.71. The molecule has 0 spiro atoms. The monoisotopic (exact) mass is 363 g/mol. The van der Waals surface area contributed by atoms with Crippen LogP contribution in [0.3, 0.4) is 0 Å². The average molecular weight is 364 g/mol. The molecule has 2 rings (SSSR count). The maximum Gasteiger partial charge on any atom is 0.191 e. The van der Waals surface area contributed by atoms with Crippen LogP contribution in [0.1, 0.15) is 31.7 Å². The molecule has 2 N–H and O–H groups in total. The van der Waals surface area contributed by atoms with Crippen molar-refractivity contribution in [2.24, 2.45) is 4.99 Å². The molecule has 0 amide bonds. The summed E-state index contributed by atoms with van der Waals surface area (Å²) in [5.74, 6) is 1.72. The minimum Gasteiger partial charge on any atom is -0.497 e. The van der Waals surface area contributed by atoms with Gasteiger partial charge in [-0.3, -0.25) is 4.99 Å². The number of guanidine groups is 1. The van der Waals surface area contributed by atoms with Gasteiger partial charge in [0.2, 0.25) is 0 Å². The second kappa shape index (κ2) is 11.0. The normalized spacial score (nSPS) is 17.0. The van der Waals surface area contributed by atoms with Gasteiger partial charge in [0.05, 0.1) is 7.11 Å². The van der Waals surface area contributed by atoms with Gasteiger partial charge in [-0.2, -0.15) is 0 Å². The highest BCUT2D eigenvalue weighted by atomic mass is 16.5. The molecule has 6 nitrogen and oxygen atoms in total. The zero-order valence-corrected chi connectivity index (χ0v) is 16.3. The zero-order chi connectivity index (χ0) is 18.7. The number of nitrogens with zero attached hydrogens (tertiary/aromatic N) is 1. The van der Waals surface area contributed by atoms with Crippen LogP contribution in [0.2, 0.25) is 0 Å². The second-order valence-corrected chi connectivity index (χ2v) is 6.52. The molecule has 0 radical (unpaired) electrons. The Morgan fingerprint density at radius 1 is 1.19 bits per heavy atom. The molecular formula is C20H33N3O3. The van der Waals surface area contributed by atoms with Gasteiger partial charge >= 0.3 is 0 Å². The van der Waals surface area contributed by atoms with Crippen LogP contribution in [0.5, 0.6) is 5.75 Å². The van der Waals surface area contributed by atoms with Gasteiger partial charge in [0.25, 0.3) is 0 Å². The number of benzene rings is 1. The van der Waals surface area contributed by atoms with E-state index in [-0.39, 0.29) is 5.41 Å². The first kappa shape index (κ1) is 20.5. The zero-order valence-electron chi connectivity index (χ0n) is 16.3. The summed E-state index contributed by atoms with van der Waals surface area (Å²) in [6, 6.07) is 8.41. The van der Waals surface area contributed by atoms with Crippen LogP contribution < -0.4 is 15.4 Å². The molecule has 0 bridgehead atoms. The number of hydrogen-bond acceptors (Lipinski definition) is 4. The minimum atomic E-state index is 0.0491. The first-order valence-corrected chi connectivity index (χ1v) is 9.48. The van der Waals surface area contributed by atoms with Crippen molar-refractivity contribution < 1.29 is 14.2 Å². The molecule has 1 heterocycles. The van der Waals surface area contributed by atoms with Crippen LogP contribution in [0.15, 0.2) is 29.3 Å². The Morgan fingerprint density at radius 2 is 1.92 bits per heavy atom. The number of nitrogens with one attached hydrogen (secondary N) is 2. The fraction of sp³-hybridized carbons (Fsp3) is 0.650. The molecule has 1 fully saturated rings. The first-order chi connectivity index (χ1) is 12.7. The van der Waals surface area contributed by atoms with E-state index in [0.29, 0.717) is 0 Å². The minimum absolute atomic E-state index is 0.0491. The van der Waals surface area contributed by atoms with E-state index in [2.05, 4.69) is 27.8 Å². The Kier molecular flexibility index (Phi) is 8.71. The maximum atomic E-state index is 5.61. The SMILES string of the molecule is CCOCCCNC(=NC)NCC1(c2ccc(OC)cc2)CCOCC1. The van der Waals surface area contributed by atoms with E-state index >= 15 is 0 Å². The molecule has 26 heavy (non-hydrogen) atoms. The molecule has 1 aromatic rings. The number of methoxy groups -OCH3 is 1. The van der Waals surface area contributed by atoms with E-state index in [4.69, 9.17) is 14.2 Å². The summed E-state index contributed by atoms with van der Waals surface area (Å²) in [6.07, 6.45) is 2.95. The molecule has 1 saturated heterocycles. The van der Waals surface area contributed by atoms with E-state index in [1.165, 1.54) is 5.56 Å². The number of ether oxygens (including phenoxy) is 3. The largest absolute Gasteiger partial charge is 0.497 e. The number of rotatable bonds is 9. The van der Waals surface area contributed by atoms with Crippen molar-refractivity contribution in [2.75, 3.05) is 53.7 Å². The van der Waals surface area contributed by atoms with E-state index in [0.717, 1.165) is 70.5 Å². The predicted molar refractivity (Wildman–Crippen MR) is 105 cm³/mol. The summed E-state index contributed by atoms with van der Waals surface area (Å²) in [7, 11) is 3.50. The Morgan fingerprint density at radius 3 is 2.54 bits per heavy atom. The van der Waals surface area contributed by atoms with Gasteiger partial charge in [0.15, 0.2) is 5.96 Å². The third-order valence-corrected chi connectivity index (χ3v) is 4.93. The number of hydrogen-bond donors (Lipinski definition) is 2. The third kappa shape index (κ3) is 5.88. The van der Waals surface area contributed by atoms with Crippen LogP contribution >= 0.6 is 0 Å². The van der Waals surface area contributed by atoms with Gasteiger partial charge in [0, 0.05) is 52.0 Å². The van der Waals surface area contributed by atoms with Crippen LogP contribution in [0.4, 0.5) is 0 Å². The summed E-state index contributed by atoms with van der Waals surface area (Å²) in [6.45, 7) is 6.79. The summed E-state index contributed by atoms with van der Waals surface area (Å²) in [5, 5.41) is 6.87. The highest BCUT2D eigenvalue weighted by Crippen LogP contribution is 2.35. The lowest BCUT2D eigenvalue weighted by Crippen LogP contribution is -2.48. The lowest BCUT2D eigenvalue weighted by molar-refractivity contribution is 0.0513. The smallest absolute Gasteiger partial charge is 0.191 e. The van der Waals surface area contributed by atoms with Crippen LogP contribution in [-0.4, -0.2) is 59.6 Å². The Labute approximate surface area is 157 Å². The topological polar surface area (TPSA) is 64.1 Å². The summed E-state index contributed by atoms with van der Waals surface area (Å²) < 4.78 is 16.3. The van der Waals surface area contributed by atoms with E-state index in [9.17, 15) is 0 Å². The quantitative estimate of drug-likeness (QED) is 0.401. The molecule has 1 aliphatic heterocycles. The lowest BCUT2D eigenvalue weighted by atomic mass is 9.74. The van der Waals surface area contributed by atoms with E-state index in [1.807, 2.05) is 26.1 Å². The molecular weight excluding hydrogens is 330 g/mol. The number of aliphatic imine (C=N–C) groups is 1. The standard InChI is InChI=1S/C20H33N3O3/c1-4-25-13-5-12-22-19(21-2)23-16-20(10-14-26-15-11-20)17-6-8-18(24-3)9-7-17/h6-9H,4-5,10-16H2,1-3H3,(H2,21,22,23). The van der Waals surface area contributed by atoms with Gasteiger partial charge in [-0.05, 0) is 43.9 Å². The van der Waals surface area contributed by atoms with Gasteiger partial charge in [-0.25, -0.2) is 0 Å². The third-order valence-electron chi connectivity index (χ3n) is 4.93. The van der Waals surface area contributed by atoms with Crippen molar-refractivity contribution in [2.45, 2.75) is 31.6 Å². The Bertz CT molecular complexity index is 540. The van der Waals surface area contributed by atoms with Crippen LogP contribution in [-0.2, 0) is 14.9 Å². The van der Waals surface area contributed by atoms with Crippen molar-refractivity contribution in [3.63, 3.8) is 0 Å². The van der Waals surface area contributed by atoms with Crippen molar-refractivity contribution in [3.8, 4) is 5.75 Å². The lowest BCUT2D eigenvalue weighted by Gasteiger charge is -2.38. The van der Waals surface area contributed by atoms with Crippen molar-refractivity contribution in [1.29, 1.82) is 0 Å². The maximum absolute atomic E-state index is 5.61. The highest BCUT2D eigenvalue weighted by molar-refractivity contribution is 5.79. The van der Waals surface area contributed by atoms with Gasteiger partial charge in [0.1, 0.15) is 5.75 Å². The van der Waals surface area contributed by atoms with Crippen LogP contribution in [0, 0.1) is 0 Å². The molecule has 1 aromatic carbocycles. The molecule has 0 aromatic heterocycles. The summed E-state index contributed by atoms with van der Waals surface area (Å²) >= 11 is 0. The van der Waals surface area contributed by atoms with E-state index < -0.39 is 0 Å². The van der Waals surface area contributed by atoms with Crippen molar-refractivity contribution in [3.05, 3.63) is 29.8 Å². The Balaban J connectivity index is 1.96. The first-order valence-electron chi connectivity index (χ1n) is 9.48. The van der Waals surface area contributed by atoms with E-state index in [1.54, 1.807) is 7.11 Å². The van der Waals surface area contributed by atoms with Gasteiger partial charge in [-0.15, -0.1) is 0 Å². The van der Waals surface area contributed by atoms with Crippen LogP contribution in [0.25, 0.3) is 0 Å². The fourth-order valence-corrected chi connectivity index (χ4v) is 3.27. The molecule has 6 heteroatoms. The summed E-state index contributed by atoms with van der Waals surface area (Å²) in [4.78, 5) is 4.34. The molecule has 0 atom stereocenters. The molecule has 146 valence electrons. The molecule has 1 aliphatic rings. The van der Waals surface area contributed by atoms with Crippen molar-refractivity contribution in [1.82, 2.24) is 10.6 Å². The second-order valence-electron chi connectivity index (χ2n) is 6.52. The molecule has 0 aliphatic carbocycles. The predicted octanol–water partition coefficient (Wildman–Crippen LogP) is 2.34. The molecule has 0 unspecified atom stereocenters. The highest BCUT2D eigenvalue weighted by Gasteiger charge is 2.34.